The Kier molecular flexibility index (Phi) is 4.62. The lowest BCUT2D eigenvalue weighted by molar-refractivity contribution is 1.63. The number of benzene rings is 8. The van der Waals surface area contributed by atoms with Crippen molar-refractivity contribution in [2.24, 2.45) is 0 Å². The van der Waals surface area contributed by atoms with Crippen molar-refractivity contribution in [3.63, 3.8) is 0 Å². The maximum Gasteiger partial charge on any atom is -0.00990 e. The van der Waals surface area contributed by atoms with Gasteiger partial charge in [-0.2, -0.15) is 0 Å². The van der Waals surface area contributed by atoms with E-state index in [-0.39, 0.29) is 0 Å². The van der Waals surface area contributed by atoms with Crippen molar-refractivity contribution in [1.29, 1.82) is 0 Å². The molecule has 0 heterocycles. The van der Waals surface area contributed by atoms with Crippen LogP contribution in [0.25, 0.3) is 76.1 Å². The first-order valence-electron chi connectivity index (χ1n) is 13.2. The van der Waals surface area contributed by atoms with E-state index in [4.69, 9.17) is 0 Å². The van der Waals surface area contributed by atoms with Gasteiger partial charge in [0.25, 0.3) is 0 Å². The minimum Gasteiger partial charge on any atom is -0.0616 e. The Bertz CT molecular complexity index is 2160. The second-order valence-corrected chi connectivity index (χ2v) is 10.2. The first-order valence-corrected chi connectivity index (χ1v) is 13.2. The van der Waals surface area contributed by atoms with E-state index < -0.39 is 0 Å². The molecule has 0 bridgehead atoms. The predicted molar refractivity (Wildman–Crippen MR) is 165 cm³/mol. The van der Waals surface area contributed by atoms with Gasteiger partial charge in [0, 0.05) is 0 Å². The highest BCUT2D eigenvalue weighted by Crippen LogP contribution is 2.37. The van der Waals surface area contributed by atoms with Crippen molar-refractivity contribution in [1.82, 2.24) is 0 Å². The molecule has 38 heavy (non-hydrogen) atoms. The summed E-state index contributed by atoms with van der Waals surface area (Å²) in [5.41, 5.74) is 5.00. The van der Waals surface area contributed by atoms with Crippen LogP contribution in [0.15, 0.2) is 146 Å². The molecule has 0 aromatic heterocycles. The Morgan fingerprint density at radius 2 is 0.763 bits per heavy atom. The Balaban J connectivity index is 1.23. The summed E-state index contributed by atoms with van der Waals surface area (Å²) in [6, 6.07) is 53.4. The molecule has 0 atom stereocenters. The quantitative estimate of drug-likeness (QED) is 0.170. The molecule has 8 aromatic carbocycles. The van der Waals surface area contributed by atoms with Crippen molar-refractivity contribution in [2.75, 3.05) is 0 Å². The lowest BCUT2D eigenvalue weighted by Gasteiger charge is -2.12. The molecule has 8 rings (SSSR count). The summed E-state index contributed by atoms with van der Waals surface area (Å²) < 4.78 is 0. The largest absolute Gasteiger partial charge is 0.0616 e. The number of hydrogen-bond donors (Lipinski definition) is 0. The van der Waals surface area contributed by atoms with Crippen LogP contribution in [0.4, 0.5) is 0 Å². The number of hydrogen-bond acceptors (Lipinski definition) is 0. The van der Waals surface area contributed by atoms with E-state index in [1.807, 2.05) is 0 Å². The summed E-state index contributed by atoms with van der Waals surface area (Å²) >= 11 is 0. The molecule has 0 heteroatoms. The van der Waals surface area contributed by atoms with Gasteiger partial charge in [0.15, 0.2) is 0 Å². The molecule has 0 radical (unpaired) electrons. The third kappa shape index (κ3) is 3.31. The molecule has 0 unspecified atom stereocenters. The van der Waals surface area contributed by atoms with E-state index in [0.29, 0.717) is 0 Å². The van der Waals surface area contributed by atoms with Crippen LogP contribution in [0.3, 0.4) is 0 Å². The van der Waals surface area contributed by atoms with Gasteiger partial charge >= 0.3 is 0 Å². The molecule has 0 aliphatic carbocycles. The normalized spacial score (nSPS) is 11.7. The molecule has 0 aliphatic heterocycles. The molecule has 0 amide bonds. The van der Waals surface area contributed by atoms with Crippen LogP contribution >= 0.6 is 0 Å². The van der Waals surface area contributed by atoms with Crippen LogP contribution in [0.5, 0.6) is 0 Å². The molecular formula is C38H24. The highest BCUT2D eigenvalue weighted by molar-refractivity contribution is 6.14. The molecule has 0 spiro atoms. The summed E-state index contributed by atoms with van der Waals surface area (Å²) in [7, 11) is 0. The minimum absolute atomic E-state index is 1.24. The third-order valence-electron chi connectivity index (χ3n) is 8.00. The average Bonchev–Trinajstić information content (AvgIpc) is 2.99. The van der Waals surface area contributed by atoms with E-state index >= 15 is 0 Å². The van der Waals surface area contributed by atoms with Gasteiger partial charge in [-0.25, -0.2) is 0 Å². The average molecular weight is 481 g/mol. The molecule has 0 aliphatic rings. The van der Waals surface area contributed by atoms with Crippen molar-refractivity contribution in [3.05, 3.63) is 146 Å². The van der Waals surface area contributed by atoms with Crippen LogP contribution in [-0.4, -0.2) is 0 Å². The highest BCUT2D eigenvalue weighted by atomic mass is 14.1. The molecule has 0 saturated heterocycles. The van der Waals surface area contributed by atoms with Crippen LogP contribution in [-0.2, 0) is 0 Å². The molecule has 0 nitrogen and oxygen atoms in total. The van der Waals surface area contributed by atoms with Gasteiger partial charge in [0.1, 0.15) is 0 Å². The summed E-state index contributed by atoms with van der Waals surface area (Å²) in [4.78, 5) is 0. The van der Waals surface area contributed by atoms with Gasteiger partial charge in [-0.05, 0) is 100 Å². The van der Waals surface area contributed by atoms with Crippen LogP contribution in [0.1, 0.15) is 0 Å². The van der Waals surface area contributed by atoms with Crippen molar-refractivity contribution < 1.29 is 0 Å². The van der Waals surface area contributed by atoms with Gasteiger partial charge in [0.05, 0.1) is 0 Å². The zero-order valence-corrected chi connectivity index (χ0v) is 20.9. The molecule has 0 saturated carbocycles. The van der Waals surface area contributed by atoms with Crippen LogP contribution in [0, 0.1) is 0 Å². The monoisotopic (exact) mass is 480 g/mol. The fraction of sp³-hybridized carbons (Fsp3) is 0. The predicted octanol–water partition coefficient (Wildman–Crippen LogP) is 10.8. The molecule has 0 N–H and O–H groups in total. The second kappa shape index (κ2) is 8.30. The SMILES string of the molecule is c1ccc2cc3c(ccc4cc(-c5ccc(-c6cc7ccccc7c7ccccc67)cc5)ccc43)cc2c1. The summed E-state index contributed by atoms with van der Waals surface area (Å²) in [5, 5.41) is 12.9. The van der Waals surface area contributed by atoms with E-state index in [2.05, 4.69) is 146 Å². The van der Waals surface area contributed by atoms with Crippen molar-refractivity contribution in [2.45, 2.75) is 0 Å². The van der Waals surface area contributed by atoms with Gasteiger partial charge < -0.3 is 0 Å². The summed E-state index contributed by atoms with van der Waals surface area (Å²) in [6.45, 7) is 0. The Hall–Kier alpha value is -4.94. The Morgan fingerprint density at radius 1 is 0.237 bits per heavy atom. The van der Waals surface area contributed by atoms with Gasteiger partial charge in [-0.15, -0.1) is 0 Å². The number of rotatable bonds is 2. The van der Waals surface area contributed by atoms with E-state index in [0.717, 1.165) is 0 Å². The maximum absolute atomic E-state index is 2.33. The zero-order chi connectivity index (χ0) is 25.1. The second-order valence-electron chi connectivity index (χ2n) is 10.2. The van der Waals surface area contributed by atoms with Crippen molar-refractivity contribution in [3.8, 4) is 22.3 Å². The van der Waals surface area contributed by atoms with Crippen LogP contribution in [0.2, 0.25) is 0 Å². The van der Waals surface area contributed by atoms with Crippen LogP contribution < -0.4 is 0 Å². The van der Waals surface area contributed by atoms with Gasteiger partial charge in [0.2, 0.25) is 0 Å². The van der Waals surface area contributed by atoms with E-state index in [9.17, 15) is 0 Å². The fourth-order valence-corrected chi connectivity index (χ4v) is 6.07. The first-order chi connectivity index (χ1) is 18.8. The number of fused-ring (bicyclic) bond motifs is 7. The first kappa shape index (κ1) is 21.2. The smallest absolute Gasteiger partial charge is 0.00990 e. The minimum atomic E-state index is 1.24. The lowest BCUT2D eigenvalue weighted by Crippen LogP contribution is -1.86. The Morgan fingerprint density at radius 3 is 1.55 bits per heavy atom. The molecule has 176 valence electrons. The molecular weight excluding hydrogens is 456 g/mol. The third-order valence-corrected chi connectivity index (χ3v) is 8.00. The standard InChI is InChI=1S/C38H24/c1-2-8-28-23-38-32(21-27(28)7-1)18-17-31-22-29(19-20-34(31)38)25-13-15-26(16-14-25)37-24-30-9-3-4-10-33(30)35-11-5-6-12-36(35)37/h1-24H. The topological polar surface area (TPSA) is 0 Å². The highest BCUT2D eigenvalue weighted by Gasteiger charge is 2.10. The van der Waals surface area contributed by atoms with E-state index in [1.54, 1.807) is 0 Å². The fourth-order valence-electron chi connectivity index (χ4n) is 6.07. The van der Waals surface area contributed by atoms with Crippen molar-refractivity contribution >= 4 is 53.9 Å². The molecule has 0 fully saturated rings. The van der Waals surface area contributed by atoms with Gasteiger partial charge in [-0.3, -0.25) is 0 Å². The summed E-state index contributed by atoms with van der Waals surface area (Å²) in [6.07, 6.45) is 0. The maximum atomic E-state index is 2.33. The van der Waals surface area contributed by atoms with Gasteiger partial charge in [-0.1, -0.05) is 121 Å². The zero-order valence-electron chi connectivity index (χ0n) is 20.9. The lowest BCUT2D eigenvalue weighted by atomic mass is 9.92. The molecule has 8 aromatic rings. The Labute approximate surface area is 221 Å². The summed E-state index contributed by atoms with van der Waals surface area (Å²) in [5.74, 6) is 0. The van der Waals surface area contributed by atoms with E-state index in [1.165, 1.54) is 76.1 Å².